The van der Waals surface area contributed by atoms with Crippen molar-refractivity contribution in [1.29, 1.82) is 0 Å². The predicted molar refractivity (Wildman–Crippen MR) is 110 cm³/mol. The standard InChI is InChI=1S/C22H25N3O5/c1-5-29-21(28)19-24-16-7-6-12-23-18(16)25(19)17(20(27)30-22(2,3)4)13-14-8-10-15(26)11-9-14/h6-12,17,26H,5,13H2,1-4H3/t17-/m0/s1. The zero-order valence-electron chi connectivity index (χ0n) is 17.5. The van der Waals surface area contributed by atoms with Crippen LogP contribution in [0.2, 0.25) is 0 Å². The number of ether oxygens (including phenoxy) is 2. The Balaban J connectivity index is 2.15. The van der Waals surface area contributed by atoms with Gasteiger partial charge in [-0.05, 0) is 57.5 Å². The first-order valence-electron chi connectivity index (χ1n) is 9.70. The molecule has 2 aromatic heterocycles. The molecule has 158 valence electrons. The summed E-state index contributed by atoms with van der Waals surface area (Å²) < 4.78 is 12.3. The molecule has 1 atom stereocenters. The lowest BCUT2D eigenvalue weighted by atomic mass is 10.0. The maximum atomic E-state index is 13.2. The van der Waals surface area contributed by atoms with Crippen LogP contribution in [0.3, 0.4) is 0 Å². The summed E-state index contributed by atoms with van der Waals surface area (Å²) in [7, 11) is 0. The van der Waals surface area contributed by atoms with Crippen LogP contribution in [0.4, 0.5) is 0 Å². The zero-order chi connectivity index (χ0) is 21.9. The molecule has 0 unspecified atom stereocenters. The molecule has 0 spiro atoms. The minimum atomic E-state index is -0.909. The van der Waals surface area contributed by atoms with E-state index in [1.165, 1.54) is 16.7 Å². The van der Waals surface area contributed by atoms with E-state index < -0.39 is 23.6 Å². The van der Waals surface area contributed by atoms with Crippen LogP contribution in [0.5, 0.6) is 5.75 Å². The quantitative estimate of drug-likeness (QED) is 0.620. The van der Waals surface area contributed by atoms with Gasteiger partial charge in [0.25, 0.3) is 0 Å². The van der Waals surface area contributed by atoms with Crippen molar-refractivity contribution in [3.8, 4) is 5.75 Å². The molecule has 3 aromatic rings. The Labute approximate surface area is 174 Å². The van der Waals surface area contributed by atoms with Crippen LogP contribution in [-0.4, -0.2) is 43.8 Å². The van der Waals surface area contributed by atoms with Crippen LogP contribution in [0.25, 0.3) is 11.2 Å². The summed E-state index contributed by atoms with van der Waals surface area (Å²) in [4.78, 5) is 34.5. The smallest absolute Gasteiger partial charge is 0.374 e. The highest BCUT2D eigenvalue weighted by atomic mass is 16.6. The van der Waals surface area contributed by atoms with Crippen molar-refractivity contribution in [2.75, 3.05) is 6.61 Å². The number of carbonyl (C=O) groups is 2. The zero-order valence-corrected chi connectivity index (χ0v) is 17.5. The summed E-state index contributed by atoms with van der Waals surface area (Å²) in [6.45, 7) is 7.20. The summed E-state index contributed by atoms with van der Waals surface area (Å²) in [6, 6.07) is 9.02. The van der Waals surface area contributed by atoms with Gasteiger partial charge in [-0.1, -0.05) is 12.1 Å². The molecule has 1 aromatic carbocycles. The molecule has 0 aliphatic heterocycles. The molecule has 0 amide bonds. The Morgan fingerprint density at radius 3 is 2.50 bits per heavy atom. The van der Waals surface area contributed by atoms with E-state index in [2.05, 4.69) is 9.97 Å². The van der Waals surface area contributed by atoms with E-state index in [0.717, 1.165) is 5.56 Å². The van der Waals surface area contributed by atoms with E-state index >= 15 is 0 Å². The highest BCUT2D eigenvalue weighted by Crippen LogP contribution is 2.27. The van der Waals surface area contributed by atoms with Gasteiger partial charge in [0.05, 0.1) is 6.61 Å². The highest BCUT2D eigenvalue weighted by Gasteiger charge is 2.33. The average molecular weight is 411 g/mol. The molecule has 0 saturated heterocycles. The first-order chi connectivity index (χ1) is 14.2. The molecule has 1 N–H and O–H groups in total. The van der Waals surface area contributed by atoms with E-state index in [1.54, 1.807) is 58.2 Å². The fourth-order valence-electron chi connectivity index (χ4n) is 3.07. The van der Waals surface area contributed by atoms with Gasteiger partial charge in [-0.25, -0.2) is 19.6 Å². The number of pyridine rings is 1. The Hall–Kier alpha value is -3.42. The van der Waals surface area contributed by atoms with Crippen LogP contribution in [0.15, 0.2) is 42.6 Å². The van der Waals surface area contributed by atoms with Crippen molar-refractivity contribution in [3.05, 3.63) is 54.0 Å². The van der Waals surface area contributed by atoms with E-state index in [0.29, 0.717) is 11.2 Å². The van der Waals surface area contributed by atoms with Crippen molar-refractivity contribution in [1.82, 2.24) is 14.5 Å². The van der Waals surface area contributed by atoms with Gasteiger partial charge < -0.3 is 14.6 Å². The van der Waals surface area contributed by atoms with Crippen molar-refractivity contribution < 1.29 is 24.2 Å². The fraction of sp³-hybridized carbons (Fsp3) is 0.364. The Bertz CT molecular complexity index is 1050. The van der Waals surface area contributed by atoms with Crippen molar-refractivity contribution >= 4 is 23.1 Å². The second kappa shape index (κ2) is 8.52. The molecule has 8 heteroatoms. The van der Waals surface area contributed by atoms with Crippen LogP contribution in [0.1, 0.15) is 49.9 Å². The minimum absolute atomic E-state index is 0.0137. The SMILES string of the molecule is CCOC(=O)c1nc2cccnc2n1[C@@H](Cc1ccc(O)cc1)C(=O)OC(C)(C)C. The largest absolute Gasteiger partial charge is 0.508 e. The summed E-state index contributed by atoms with van der Waals surface area (Å²) in [6.07, 6.45) is 1.78. The average Bonchev–Trinajstić information content (AvgIpc) is 3.06. The normalized spacial score (nSPS) is 12.5. The van der Waals surface area contributed by atoms with Gasteiger partial charge in [-0.15, -0.1) is 0 Å². The van der Waals surface area contributed by atoms with Gasteiger partial charge in [-0.3, -0.25) is 4.57 Å². The number of phenols is 1. The van der Waals surface area contributed by atoms with Gasteiger partial charge in [0, 0.05) is 12.6 Å². The summed E-state index contributed by atoms with van der Waals surface area (Å²) in [5.41, 5.74) is 0.907. The van der Waals surface area contributed by atoms with Crippen LogP contribution in [0, 0.1) is 0 Å². The molecule has 0 radical (unpaired) electrons. The first-order valence-corrected chi connectivity index (χ1v) is 9.70. The number of aromatic hydroxyl groups is 1. The lowest BCUT2D eigenvalue weighted by molar-refractivity contribution is -0.159. The van der Waals surface area contributed by atoms with E-state index in [9.17, 15) is 14.7 Å². The minimum Gasteiger partial charge on any atom is -0.508 e. The van der Waals surface area contributed by atoms with Gasteiger partial charge in [0.1, 0.15) is 22.9 Å². The predicted octanol–water partition coefficient (Wildman–Crippen LogP) is 3.44. The monoisotopic (exact) mass is 411 g/mol. The third kappa shape index (κ3) is 4.76. The number of benzene rings is 1. The maximum Gasteiger partial charge on any atom is 0.374 e. The van der Waals surface area contributed by atoms with Gasteiger partial charge in [0.2, 0.25) is 5.82 Å². The third-order valence-electron chi connectivity index (χ3n) is 4.26. The number of hydrogen-bond acceptors (Lipinski definition) is 7. The summed E-state index contributed by atoms with van der Waals surface area (Å²) >= 11 is 0. The molecular weight excluding hydrogens is 386 g/mol. The molecule has 3 rings (SSSR count). The molecule has 30 heavy (non-hydrogen) atoms. The molecule has 2 heterocycles. The number of imidazole rings is 1. The molecule has 0 bridgehead atoms. The Morgan fingerprint density at radius 2 is 1.87 bits per heavy atom. The lowest BCUT2D eigenvalue weighted by Gasteiger charge is -2.25. The Kier molecular flexibility index (Phi) is 6.05. The number of carbonyl (C=O) groups excluding carboxylic acids is 2. The van der Waals surface area contributed by atoms with E-state index in [1.807, 2.05) is 0 Å². The second-order valence-corrected chi connectivity index (χ2v) is 7.79. The van der Waals surface area contributed by atoms with Crippen molar-refractivity contribution in [2.24, 2.45) is 0 Å². The van der Waals surface area contributed by atoms with E-state index in [4.69, 9.17) is 9.47 Å². The number of rotatable bonds is 6. The van der Waals surface area contributed by atoms with Gasteiger partial charge >= 0.3 is 11.9 Å². The van der Waals surface area contributed by atoms with Gasteiger partial charge in [0.15, 0.2) is 5.65 Å². The molecular formula is C22H25N3O5. The van der Waals surface area contributed by atoms with Gasteiger partial charge in [-0.2, -0.15) is 0 Å². The number of aromatic nitrogens is 3. The van der Waals surface area contributed by atoms with Crippen LogP contribution < -0.4 is 0 Å². The fourth-order valence-corrected chi connectivity index (χ4v) is 3.07. The lowest BCUT2D eigenvalue weighted by Crippen LogP contribution is -2.33. The molecule has 8 nitrogen and oxygen atoms in total. The van der Waals surface area contributed by atoms with Crippen LogP contribution >= 0.6 is 0 Å². The first kappa shape index (κ1) is 21.3. The number of nitrogens with zero attached hydrogens (tertiary/aromatic N) is 3. The highest BCUT2D eigenvalue weighted by molar-refractivity contribution is 5.91. The van der Waals surface area contributed by atoms with Crippen LogP contribution in [-0.2, 0) is 20.7 Å². The van der Waals surface area contributed by atoms with E-state index in [-0.39, 0.29) is 24.6 Å². The molecule has 0 saturated carbocycles. The molecule has 0 fully saturated rings. The number of esters is 2. The molecule has 0 aliphatic carbocycles. The van der Waals surface area contributed by atoms with Crippen molar-refractivity contribution in [2.45, 2.75) is 45.8 Å². The third-order valence-corrected chi connectivity index (χ3v) is 4.26. The Morgan fingerprint density at radius 1 is 1.17 bits per heavy atom. The summed E-state index contributed by atoms with van der Waals surface area (Å²) in [5, 5.41) is 9.58. The second-order valence-electron chi connectivity index (χ2n) is 7.79. The number of phenolic OH excluding ortho intramolecular Hbond substituents is 1. The molecule has 0 aliphatic rings. The number of hydrogen-bond donors (Lipinski definition) is 1. The maximum absolute atomic E-state index is 13.2. The van der Waals surface area contributed by atoms with Crippen molar-refractivity contribution in [3.63, 3.8) is 0 Å². The number of fused-ring (bicyclic) bond motifs is 1. The summed E-state index contributed by atoms with van der Waals surface area (Å²) in [5.74, 6) is -1.06. The topological polar surface area (TPSA) is 104 Å².